The quantitative estimate of drug-likeness (QED) is 0.728. The molecule has 1 aromatic heterocycles. The summed E-state index contributed by atoms with van der Waals surface area (Å²) in [6.45, 7) is 0.521. The van der Waals surface area contributed by atoms with E-state index in [0.29, 0.717) is 22.4 Å². The molecule has 1 aromatic carbocycles. The van der Waals surface area contributed by atoms with Crippen LogP contribution < -0.4 is 4.74 Å². The van der Waals surface area contributed by atoms with Gasteiger partial charge >= 0.3 is 0 Å². The predicted molar refractivity (Wildman–Crippen MR) is 72.8 cm³/mol. The summed E-state index contributed by atoms with van der Waals surface area (Å²) >= 11 is 16.8. The zero-order valence-corrected chi connectivity index (χ0v) is 12.0. The molecular formula is C11H7BrCl2OS. The highest BCUT2D eigenvalue weighted by Gasteiger charge is 2.01. The third-order valence-corrected chi connectivity index (χ3v) is 3.95. The first-order valence-electron chi connectivity index (χ1n) is 4.45. The first-order chi connectivity index (χ1) is 7.63. The van der Waals surface area contributed by atoms with Gasteiger partial charge in [-0.05, 0) is 40.2 Å². The van der Waals surface area contributed by atoms with E-state index in [4.69, 9.17) is 27.9 Å². The maximum Gasteiger partial charge on any atom is 0.122 e. The van der Waals surface area contributed by atoms with Gasteiger partial charge in [0, 0.05) is 24.8 Å². The second-order valence-corrected chi connectivity index (χ2v) is 5.91. The Morgan fingerprint density at radius 2 is 1.81 bits per heavy atom. The number of rotatable bonds is 3. The van der Waals surface area contributed by atoms with Crippen LogP contribution in [0.25, 0.3) is 0 Å². The summed E-state index contributed by atoms with van der Waals surface area (Å²) in [5.41, 5.74) is 0. The highest BCUT2D eigenvalue weighted by atomic mass is 79.9. The van der Waals surface area contributed by atoms with Gasteiger partial charge in [0.2, 0.25) is 0 Å². The average molecular weight is 338 g/mol. The first-order valence-corrected chi connectivity index (χ1v) is 6.88. The maximum atomic E-state index is 5.87. The zero-order valence-electron chi connectivity index (χ0n) is 8.04. The minimum absolute atomic E-state index is 0.521. The molecule has 0 unspecified atom stereocenters. The van der Waals surface area contributed by atoms with Crippen LogP contribution in [0.15, 0.2) is 34.1 Å². The van der Waals surface area contributed by atoms with Crippen LogP contribution >= 0.6 is 50.5 Å². The van der Waals surface area contributed by atoms with Crippen molar-refractivity contribution in [2.45, 2.75) is 6.61 Å². The molecular weight excluding hydrogens is 331 g/mol. The summed E-state index contributed by atoms with van der Waals surface area (Å²) in [5.74, 6) is 0.682. The van der Waals surface area contributed by atoms with Gasteiger partial charge in [0.05, 0.1) is 0 Å². The molecule has 0 fully saturated rings. The van der Waals surface area contributed by atoms with Gasteiger partial charge in [-0.1, -0.05) is 23.2 Å². The third kappa shape index (κ3) is 3.39. The lowest BCUT2D eigenvalue weighted by Gasteiger charge is -2.05. The summed E-state index contributed by atoms with van der Waals surface area (Å²) in [6.07, 6.45) is 0. The lowest BCUT2D eigenvalue weighted by molar-refractivity contribution is 0.310. The summed E-state index contributed by atoms with van der Waals surface area (Å²) < 4.78 is 6.66. The zero-order chi connectivity index (χ0) is 11.5. The molecule has 2 aromatic rings. The van der Waals surface area contributed by atoms with E-state index < -0.39 is 0 Å². The number of ether oxygens (including phenoxy) is 1. The SMILES string of the molecule is Clc1cc(Cl)cc(OCc2cc(Br)cs2)c1. The van der Waals surface area contributed by atoms with E-state index in [1.807, 2.05) is 11.4 Å². The van der Waals surface area contributed by atoms with Crippen LogP contribution in [-0.2, 0) is 6.61 Å². The van der Waals surface area contributed by atoms with Gasteiger partial charge in [-0.15, -0.1) is 11.3 Å². The molecule has 0 bridgehead atoms. The van der Waals surface area contributed by atoms with Crippen LogP contribution in [0.4, 0.5) is 0 Å². The van der Waals surface area contributed by atoms with E-state index >= 15 is 0 Å². The van der Waals surface area contributed by atoms with Gasteiger partial charge in [-0.3, -0.25) is 0 Å². The number of benzene rings is 1. The monoisotopic (exact) mass is 336 g/mol. The molecule has 0 amide bonds. The number of hydrogen-bond donors (Lipinski definition) is 0. The maximum absolute atomic E-state index is 5.87. The van der Waals surface area contributed by atoms with E-state index in [0.717, 1.165) is 9.35 Å². The van der Waals surface area contributed by atoms with Crippen molar-refractivity contribution in [2.75, 3.05) is 0 Å². The van der Waals surface area contributed by atoms with Crippen molar-refractivity contribution < 1.29 is 4.74 Å². The van der Waals surface area contributed by atoms with Crippen LogP contribution in [0, 0.1) is 0 Å². The van der Waals surface area contributed by atoms with Gasteiger partial charge in [0.15, 0.2) is 0 Å². The number of thiophene rings is 1. The Morgan fingerprint density at radius 1 is 1.12 bits per heavy atom. The average Bonchev–Trinajstić information content (AvgIpc) is 2.60. The molecule has 16 heavy (non-hydrogen) atoms. The fourth-order valence-electron chi connectivity index (χ4n) is 1.20. The van der Waals surface area contributed by atoms with Crippen molar-refractivity contribution in [1.82, 2.24) is 0 Å². The molecule has 0 atom stereocenters. The summed E-state index contributed by atoms with van der Waals surface area (Å²) in [4.78, 5) is 1.14. The minimum Gasteiger partial charge on any atom is -0.488 e. The van der Waals surface area contributed by atoms with Gasteiger partial charge in [-0.2, -0.15) is 0 Å². The van der Waals surface area contributed by atoms with Crippen molar-refractivity contribution in [1.29, 1.82) is 0 Å². The minimum atomic E-state index is 0.521. The van der Waals surface area contributed by atoms with Gasteiger partial charge < -0.3 is 4.74 Å². The molecule has 0 N–H and O–H groups in total. The van der Waals surface area contributed by atoms with E-state index in [1.165, 1.54) is 0 Å². The Balaban J connectivity index is 2.04. The van der Waals surface area contributed by atoms with Crippen LogP contribution in [0.5, 0.6) is 5.75 Å². The molecule has 0 aliphatic rings. The Labute approximate surface area is 116 Å². The Hall–Kier alpha value is -0.220. The van der Waals surface area contributed by atoms with Crippen LogP contribution in [0.3, 0.4) is 0 Å². The Bertz CT molecular complexity index is 478. The summed E-state index contributed by atoms with van der Waals surface area (Å²) in [7, 11) is 0. The number of halogens is 3. The largest absolute Gasteiger partial charge is 0.488 e. The van der Waals surface area contributed by atoms with E-state index in [9.17, 15) is 0 Å². The molecule has 5 heteroatoms. The lowest BCUT2D eigenvalue weighted by atomic mass is 10.3. The smallest absolute Gasteiger partial charge is 0.122 e. The van der Waals surface area contributed by atoms with Gasteiger partial charge in [0.1, 0.15) is 12.4 Å². The highest BCUT2D eigenvalue weighted by molar-refractivity contribution is 9.10. The number of hydrogen-bond acceptors (Lipinski definition) is 2. The topological polar surface area (TPSA) is 9.23 Å². The Kier molecular flexibility index (Phi) is 4.14. The van der Waals surface area contributed by atoms with Crippen LogP contribution in [0.2, 0.25) is 10.0 Å². The molecule has 1 nitrogen and oxygen atoms in total. The van der Waals surface area contributed by atoms with Gasteiger partial charge in [0.25, 0.3) is 0 Å². The fourth-order valence-corrected chi connectivity index (χ4v) is 3.06. The van der Waals surface area contributed by atoms with Crippen LogP contribution in [0.1, 0.15) is 4.88 Å². The van der Waals surface area contributed by atoms with Crippen molar-refractivity contribution in [3.05, 3.63) is 49.0 Å². The first kappa shape index (κ1) is 12.2. The molecule has 0 aliphatic carbocycles. The molecule has 84 valence electrons. The second-order valence-electron chi connectivity index (χ2n) is 3.13. The van der Waals surface area contributed by atoms with Crippen molar-refractivity contribution >= 4 is 50.5 Å². The molecule has 2 rings (SSSR count). The summed E-state index contributed by atoms with van der Waals surface area (Å²) in [6, 6.07) is 7.20. The van der Waals surface area contributed by atoms with Crippen molar-refractivity contribution in [3.8, 4) is 5.75 Å². The normalized spacial score (nSPS) is 10.4. The standard InChI is InChI=1S/C11H7BrCl2OS/c12-7-1-11(16-6-7)5-15-10-3-8(13)2-9(14)4-10/h1-4,6H,5H2. The third-order valence-electron chi connectivity index (χ3n) is 1.84. The molecule has 0 saturated carbocycles. The van der Waals surface area contributed by atoms with Crippen molar-refractivity contribution in [3.63, 3.8) is 0 Å². The Morgan fingerprint density at radius 3 is 2.38 bits per heavy atom. The fraction of sp³-hybridized carbons (Fsp3) is 0.0909. The molecule has 0 saturated heterocycles. The lowest BCUT2D eigenvalue weighted by Crippen LogP contribution is -1.92. The molecule has 0 radical (unpaired) electrons. The van der Waals surface area contributed by atoms with Crippen LogP contribution in [-0.4, -0.2) is 0 Å². The second kappa shape index (κ2) is 5.41. The highest BCUT2D eigenvalue weighted by Crippen LogP contribution is 2.26. The van der Waals surface area contributed by atoms with E-state index in [2.05, 4.69) is 15.9 Å². The molecule has 0 spiro atoms. The predicted octanol–water partition coefficient (Wildman–Crippen LogP) is 5.40. The summed E-state index contributed by atoms with van der Waals surface area (Å²) in [5, 5.41) is 3.17. The van der Waals surface area contributed by atoms with Crippen molar-refractivity contribution in [2.24, 2.45) is 0 Å². The van der Waals surface area contributed by atoms with E-state index in [-0.39, 0.29) is 0 Å². The van der Waals surface area contributed by atoms with E-state index in [1.54, 1.807) is 29.5 Å². The molecule has 1 heterocycles. The molecule has 0 aliphatic heterocycles. The van der Waals surface area contributed by atoms with Gasteiger partial charge in [-0.25, -0.2) is 0 Å².